The number of benzene rings is 3. The normalized spacial score (nSPS) is 15.2. The van der Waals surface area contributed by atoms with Gasteiger partial charge in [-0.05, 0) is 60.4 Å². The molecule has 42 heavy (non-hydrogen) atoms. The molecule has 5 rings (SSSR count). The third-order valence-corrected chi connectivity index (χ3v) is 8.75. The van der Waals surface area contributed by atoms with Crippen molar-refractivity contribution in [3.05, 3.63) is 93.8 Å². The Balaban J connectivity index is 1.33. The third-order valence-electron chi connectivity index (χ3n) is 7.21. The van der Waals surface area contributed by atoms with E-state index in [0.29, 0.717) is 27.5 Å². The predicted molar refractivity (Wildman–Crippen MR) is 157 cm³/mol. The average molecular weight is 608 g/mol. The highest BCUT2D eigenvalue weighted by Gasteiger charge is 2.54. The van der Waals surface area contributed by atoms with Gasteiger partial charge in [-0.15, -0.1) is 0 Å². The number of hydrogen-bond acceptors (Lipinski definition) is 7. The van der Waals surface area contributed by atoms with Crippen molar-refractivity contribution in [2.45, 2.75) is 25.4 Å². The highest BCUT2D eigenvalue weighted by molar-refractivity contribution is 7.88. The Morgan fingerprint density at radius 2 is 1.81 bits per heavy atom. The number of aromatic nitrogens is 1. The van der Waals surface area contributed by atoms with E-state index < -0.39 is 33.6 Å². The van der Waals surface area contributed by atoms with Crippen LogP contribution in [0.3, 0.4) is 0 Å². The number of carboxylic acids is 1. The first-order chi connectivity index (χ1) is 19.9. The number of carbonyl (C=O) groups excluding carboxylic acids is 1. The second-order valence-corrected chi connectivity index (χ2v) is 12.5. The number of fused-ring (bicyclic) bond motifs is 1. The summed E-state index contributed by atoms with van der Waals surface area (Å²) < 4.78 is 35.5. The molecule has 1 fully saturated rings. The number of carboxylic acid groups (broad SMARTS) is 1. The molecule has 0 aliphatic carbocycles. The first kappa shape index (κ1) is 29.1. The van der Waals surface area contributed by atoms with E-state index in [2.05, 4.69) is 22.3 Å². The number of anilines is 1. The summed E-state index contributed by atoms with van der Waals surface area (Å²) in [6, 6.07) is 17.7. The van der Waals surface area contributed by atoms with E-state index in [4.69, 9.17) is 20.9 Å². The molecule has 0 bridgehead atoms. The fraction of sp³-hybridized carbons (Fsp3) is 0.233. The van der Waals surface area contributed by atoms with Crippen LogP contribution in [0, 0.1) is 18.8 Å². The number of nitrogens with one attached hydrogen (secondary N) is 1. The minimum Gasteiger partial charge on any atom is -0.481 e. The molecule has 4 aromatic rings. The summed E-state index contributed by atoms with van der Waals surface area (Å²) in [6.45, 7) is 3.12. The van der Waals surface area contributed by atoms with Gasteiger partial charge in [0.05, 0.1) is 6.26 Å². The molecule has 1 saturated heterocycles. The molecular formula is C30H26ClN3O7S. The number of aliphatic carboxylic acids is 1. The van der Waals surface area contributed by atoms with Crippen molar-refractivity contribution in [2.75, 3.05) is 24.7 Å². The Bertz CT molecular complexity index is 1890. The van der Waals surface area contributed by atoms with Gasteiger partial charge in [0.1, 0.15) is 17.2 Å². The maximum absolute atomic E-state index is 12.6. The SMILES string of the molecule is Cc1onc(C#Cc2ccc3cc(C4(C(=O)O)CN(S(C)(=O)=O)C4)ccc3c2)c1NC(=O)OC(C)c1ccccc1Cl. The van der Waals surface area contributed by atoms with Gasteiger partial charge in [-0.25, -0.2) is 13.2 Å². The Kier molecular flexibility index (Phi) is 7.72. The third kappa shape index (κ3) is 5.69. The second kappa shape index (κ2) is 11.1. The van der Waals surface area contributed by atoms with Crippen molar-refractivity contribution in [3.63, 3.8) is 0 Å². The predicted octanol–water partition coefficient (Wildman–Crippen LogP) is 5.10. The van der Waals surface area contributed by atoms with Crippen molar-refractivity contribution in [3.8, 4) is 11.8 Å². The van der Waals surface area contributed by atoms with Crippen molar-refractivity contribution in [1.29, 1.82) is 0 Å². The molecule has 1 aliphatic heterocycles. The molecule has 2 N–H and O–H groups in total. The molecule has 1 aromatic heterocycles. The zero-order valence-electron chi connectivity index (χ0n) is 22.8. The van der Waals surface area contributed by atoms with Crippen LogP contribution in [0.1, 0.15) is 41.2 Å². The molecule has 216 valence electrons. The van der Waals surface area contributed by atoms with Gasteiger partial charge in [-0.3, -0.25) is 10.1 Å². The standard InChI is InChI=1S/C30H26ClN3O7S/c1-18(24-6-4-5-7-25(24)31)40-29(37)32-27-19(2)41-33-26(27)13-9-20-8-10-22-15-23(12-11-21(22)14-20)30(28(35)36)16-34(17-30)42(3,38)39/h4-8,10-12,14-15,18H,16-17H2,1-3H3,(H,32,37)(H,35,36). The van der Waals surface area contributed by atoms with Gasteiger partial charge in [0, 0.05) is 29.2 Å². The van der Waals surface area contributed by atoms with Gasteiger partial charge in [0.25, 0.3) is 0 Å². The quantitative estimate of drug-likeness (QED) is 0.289. The van der Waals surface area contributed by atoms with E-state index in [-0.39, 0.29) is 24.5 Å². The summed E-state index contributed by atoms with van der Waals surface area (Å²) in [5, 5.41) is 18.6. The Hall–Kier alpha value is -4.37. The molecule has 3 aromatic carbocycles. The van der Waals surface area contributed by atoms with Crippen molar-refractivity contribution in [1.82, 2.24) is 9.46 Å². The zero-order chi connectivity index (χ0) is 30.2. The van der Waals surface area contributed by atoms with Crippen molar-refractivity contribution in [2.24, 2.45) is 0 Å². The Morgan fingerprint density at radius 1 is 1.12 bits per heavy atom. The molecule has 12 heteroatoms. The number of aryl methyl sites for hydroxylation is 1. The van der Waals surface area contributed by atoms with Crippen LogP contribution in [0.5, 0.6) is 0 Å². The van der Waals surface area contributed by atoms with E-state index in [1.165, 1.54) is 0 Å². The van der Waals surface area contributed by atoms with Crippen LogP contribution in [0.15, 0.2) is 65.2 Å². The molecule has 1 aliphatic rings. The van der Waals surface area contributed by atoms with Crippen LogP contribution in [-0.2, 0) is 25.0 Å². The number of ether oxygens (including phenoxy) is 1. The van der Waals surface area contributed by atoms with Crippen molar-refractivity contribution < 1.29 is 32.4 Å². The number of rotatable bonds is 6. The lowest BCUT2D eigenvalue weighted by molar-refractivity contribution is -0.148. The maximum Gasteiger partial charge on any atom is 0.412 e. The van der Waals surface area contributed by atoms with Crippen LogP contribution in [-0.4, -0.2) is 54.4 Å². The molecule has 1 amide bonds. The smallest absolute Gasteiger partial charge is 0.412 e. The summed E-state index contributed by atoms with van der Waals surface area (Å²) in [6.07, 6.45) is -0.251. The van der Waals surface area contributed by atoms with E-state index >= 15 is 0 Å². The average Bonchev–Trinajstić information content (AvgIpc) is 3.24. The monoisotopic (exact) mass is 607 g/mol. The number of sulfonamides is 1. The topological polar surface area (TPSA) is 139 Å². The highest BCUT2D eigenvalue weighted by atomic mass is 35.5. The van der Waals surface area contributed by atoms with Crippen LogP contribution < -0.4 is 5.32 Å². The summed E-state index contributed by atoms with van der Waals surface area (Å²) in [5.41, 5.74) is 1.06. The molecular weight excluding hydrogens is 582 g/mol. The summed E-state index contributed by atoms with van der Waals surface area (Å²) >= 11 is 6.20. The van der Waals surface area contributed by atoms with E-state index in [1.807, 2.05) is 12.1 Å². The summed E-state index contributed by atoms with van der Waals surface area (Å²) in [4.78, 5) is 24.7. The van der Waals surface area contributed by atoms with E-state index in [0.717, 1.165) is 21.3 Å². The number of amides is 1. The molecule has 1 atom stereocenters. The number of carbonyl (C=O) groups is 2. The van der Waals surface area contributed by atoms with Crippen LogP contribution >= 0.6 is 11.6 Å². The molecule has 10 nitrogen and oxygen atoms in total. The first-order valence-corrected chi connectivity index (χ1v) is 15.0. The summed E-state index contributed by atoms with van der Waals surface area (Å²) in [7, 11) is -3.48. The lowest BCUT2D eigenvalue weighted by atomic mass is 9.74. The zero-order valence-corrected chi connectivity index (χ0v) is 24.4. The Morgan fingerprint density at radius 3 is 2.50 bits per heavy atom. The highest BCUT2D eigenvalue weighted by Crippen LogP contribution is 2.38. The largest absolute Gasteiger partial charge is 0.481 e. The fourth-order valence-electron chi connectivity index (χ4n) is 4.75. The first-order valence-electron chi connectivity index (χ1n) is 12.8. The lowest BCUT2D eigenvalue weighted by Gasteiger charge is -2.45. The van der Waals surface area contributed by atoms with Crippen LogP contribution in [0.4, 0.5) is 10.5 Å². The van der Waals surface area contributed by atoms with Gasteiger partial charge in [0.2, 0.25) is 10.0 Å². The molecule has 2 heterocycles. The van der Waals surface area contributed by atoms with Gasteiger partial charge >= 0.3 is 12.1 Å². The van der Waals surface area contributed by atoms with Crippen LogP contribution in [0.2, 0.25) is 5.02 Å². The van der Waals surface area contributed by atoms with Gasteiger partial charge in [0.15, 0.2) is 11.5 Å². The van der Waals surface area contributed by atoms with Gasteiger partial charge in [-0.2, -0.15) is 4.31 Å². The minimum atomic E-state index is -3.48. The molecule has 0 radical (unpaired) electrons. The van der Waals surface area contributed by atoms with Crippen molar-refractivity contribution >= 4 is 50.1 Å². The number of halogens is 1. The number of nitrogens with zero attached hydrogens (tertiary/aromatic N) is 2. The number of hydrogen-bond donors (Lipinski definition) is 2. The Labute approximate surface area is 247 Å². The van der Waals surface area contributed by atoms with Gasteiger partial charge in [-0.1, -0.05) is 59.1 Å². The lowest BCUT2D eigenvalue weighted by Crippen LogP contribution is -2.64. The van der Waals surface area contributed by atoms with Crippen LogP contribution in [0.25, 0.3) is 10.8 Å². The van der Waals surface area contributed by atoms with Gasteiger partial charge < -0.3 is 14.4 Å². The molecule has 1 unspecified atom stereocenters. The maximum atomic E-state index is 12.6. The fourth-order valence-corrected chi connectivity index (χ4v) is 5.95. The van der Waals surface area contributed by atoms with E-state index in [9.17, 15) is 23.1 Å². The summed E-state index contributed by atoms with van der Waals surface area (Å²) in [5.74, 6) is 5.21. The molecule has 0 spiro atoms. The van der Waals surface area contributed by atoms with E-state index in [1.54, 1.807) is 62.4 Å². The second-order valence-electron chi connectivity index (χ2n) is 10.1. The minimum absolute atomic E-state index is 0.115. The molecule has 0 saturated carbocycles.